The van der Waals surface area contributed by atoms with Gasteiger partial charge >= 0.3 is 0 Å². The lowest BCUT2D eigenvalue weighted by Crippen LogP contribution is -2.50. The average Bonchev–Trinajstić information content (AvgIpc) is 2.31. The van der Waals surface area contributed by atoms with Crippen LogP contribution in [0.4, 0.5) is 0 Å². The lowest BCUT2D eigenvalue weighted by Gasteiger charge is -2.43. The maximum absolute atomic E-state index is 6.08. The molecule has 0 aromatic rings. The van der Waals surface area contributed by atoms with E-state index < -0.39 is 0 Å². The molecule has 2 nitrogen and oxygen atoms in total. The fourth-order valence-electron chi connectivity index (χ4n) is 2.92. The molecule has 0 bridgehead atoms. The van der Waals surface area contributed by atoms with E-state index in [0.717, 1.165) is 31.9 Å². The summed E-state index contributed by atoms with van der Waals surface area (Å²) in [6, 6.07) is 1.08. The summed E-state index contributed by atoms with van der Waals surface area (Å²) in [5.41, 5.74) is 0. The van der Waals surface area contributed by atoms with Gasteiger partial charge in [-0.15, -0.1) is 6.58 Å². The van der Waals surface area contributed by atoms with Gasteiger partial charge in [-0.2, -0.15) is 0 Å². The first-order chi connectivity index (χ1) is 8.93. The van der Waals surface area contributed by atoms with Crippen molar-refractivity contribution in [1.82, 2.24) is 4.90 Å². The van der Waals surface area contributed by atoms with Crippen molar-refractivity contribution in [3.63, 3.8) is 0 Å². The highest BCUT2D eigenvalue weighted by Crippen LogP contribution is 2.27. The molecule has 19 heavy (non-hydrogen) atoms. The molecule has 0 saturated carbocycles. The Kier molecular flexibility index (Phi) is 7.09. The van der Waals surface area contributed by atoms with E-state index in [4.69, 9.17) is 4.74 Å². The van der Waals surface area contributed by atoms with Crippen LogP contribution in [0.2, 0.25) is 0 Å². The van der Waals surface area contributed by atoms with Gasteiger partial charge in [-0.1, -0.05) is 33.8 Å². The molecule has 0 aromatic heterocycles. The molecule has 1 saturated heterocycles. The molecular formula is C17H33NO. The van der Waals surface area contributed by atoms with Crippen molar-refractivity contribution in [2.24, 2.45) is 11.8 Å². The molecule has 0 radical (unpaired) electrons. The van der Waals surface area contributed by atoms with Gasteiger partial charge in [0.25, 0.3) is 0 Å². The van der Waals surface area contributed by atoms with Crippen molar-refractivity contribution in [1.29, 1.82) is 0 Å². The minimum atomic E-state index is 0.417. The Balaban J connectivity index is 2.48. The van der Waals surface area contributed by atoms with Crippen LogP contribution in [-0.2, 0) is 4.74 Å². The second kappa shape index (κ2) is 8.06. The van der Waals surface area contributed by atoms with Crippen LogP contribution in [0.1, 0.15) is 53.9 Å². The quantitative estimate of drug-likeness (QED) is 0.644. The van der Waals surface area contributed by atoms with Crippen LogP contribution in [0, 0.1) is 11.8 Å². The molecule has 2 heteroatoms. The highest BCUT2D eigenvalue weighted by molar-refractivity contribution is 4.96. The fraction of sp³-hybridized carbons (Fsp3) is 0.882. The highest BCUT2D eigenvalue weighted by Gasteiger charge is 2.32. The van der Waals surface area contributed by atoms with Crippen LogP contribution in [-0.4, -0.2) is 36.2 Å². The molecule has 0 N–H and O–H groups in total. The maximum Gasteiger partial charge on any atom is 0.0607 e. The summed E-state index contributed by atoms with van der Waals surface area (Å²) in [5, 5.41) is 0. The third-order valence-corrected chi connectivity index (χ3v) is 4.00. The Morgan fingerprint density at radius 1 is 1.21 bits per heavy atom. The highest BCUT2D eigenvalue weighted by atomic mass is 16.5. The number of hydrogen-bond acceptors (Lipinski definition) is 2. The molecule has 1 aliphatic rings. The normalized spacial score (nSPS) is 29.1. The lowest BCUT2D eigenvalue weighted by atomic mass is 9.92. The van der Waals surface area contributed by atoms with Crippen LogP contribution in [0.15, 0.2) is 12.7 Å². The molecule has 112 valence electrons. The van der Waals surface area contributed by atoms with E-state index in [2.05, 4.69) is 52.2 Å². The van der Waals surface area contributed by atoms with Crippen molar-refractivity contribution >= 4 is 0 Å². The van der Waals surface area contributed by atoms with Crippen LogP contribution >= 0.6 is 0 Å². The van der Waals surface area contributed by atoms with Crippen LogP contribution in [0.5, 0.6) is 0 Å². The van der Waals surface area contributed by atoms with Crippen LogP contribution in [0.3, 0.4) is 0 Å². The van der Waals surface area contributed by atoms with E-state index in [1.54, 1.807) is 0 Å². The van der Waals surface area contributed by atoms with Gasteiger partial charge < -0.3 is 4.74 Å². The second-order valence-corrected chi connectivity index (χ2v) is 6.89. The molecule has 3 atom stereocenters. The fourth-order valence-corrected chi connectivity index (χ4v) is 2.92. The lowest BCUT2D eigenvalue weighted by molar-refractivity contribution is -0.0331. The van der Waals surface area contributed by atoms with Crippen molar-refractivity contribution < 1.29 is 4.74 Å². The van der Waals surface area contributed by atoms with Crippen molar-refractivity contribution in [2.75, 3.05) is 13.2 Å². The summed E-state index contributed by atoms with van der Waals surface area (Å²) in [7, 11) is 0. The summed E-state index contributed by atoms with van der Waals surface area (Å²) in [6.07, 6.45) is 5.96. The summed E-state index contributed by atoms with van der Waals surface area (Å²) in [4.78, 5) is 2.60. The smallest absolute Gasteiger partial charge is 0.0607 e. The molecule has 1 heterocycles. The molecule has 0 spiro atoms. The number of piperidine rings is 1. The van der Waals surface area contributed by atoms with E-state index in [0.29, 0.717) is 24.1 Å². The third-order valence-electron chi connectivity index (χ3n) is 4.00. The topological polar surface area (TPSA) is 12.5 Å². The predicted molar refractivity (Wildman–Crippen MR) is 83.4 cm³/mol. The van der Waals surface area contributed by atoms with Gasteiger partial charge in [0.2, 0.25) is 0 Å². The molecular weight excluding hydrogens is 234 g/mol. The van der Waals surface area contributed by atoms with E-state index in [1.807, 2.05) is 0 Å². The van der Waals surface area contributed by atoms with Gasteiger partial charge in [0.1, 0.15) is 0 Å². The molecule has 0 amide bonds. The summed E-state index contributed by atoms with van der Waals surface area (Å²) >= 11 is 0. The molecule has 1 aliphatic heterocycles. The van der Waals surface area contributed by atoms with E-state index in [-0.39, 0.29) is 0 Å². The summed E-state index contributed by atoms with van der Waals surface area (Å²) < 4.78 is 6.08. The molecule has 1 unspecified atom stereocenters. The Morgan fingerprint density at radius 3 is 2.42 bits per heavy atom. The van der Waals surface area contributed by atoms with Gasteiger partial charge in [0, 0.05) is 25.2 Å². The predicted octanol–water partition coefficient (Wildman–Crippen LogP) is 4.11. The van der Waals surface area contributed by atoms with Gasteiger partial charge in [-0.05, 0) is 38.0 Å². The van der Waals surface area contributed by atoms with Crippen LogP contribution in [0.25, 0.3) is 0 Å². The SMILES string of the molecule is C=C[C@@H]1CC(OCCC(C)C)C[C@H](C)N1CC(C)C. The first kappa shape index (κ1) is 16.7. The molecule has 1 rings (SSSR count). The number of ether oxygens (including phenoxy) is 1. The van der Waals surface area contributed by atoms with Crippen molar-refractivity contribution in [3.05, 3.63) is 12.7 Å². The second-order valence-electron chi connectivity index (χ2n) is 6.89. The van der Waals surface area contributed by atoms with E-state index in [1.165, 1.54) is 6.42 Å². The van der Waals surface area contributed by atoms with Crippen LogP contribution < -0.4 is 0 Å². The number of likely N-dealkylation sites (tertiary alicyclic amines) is 1. The monoisotopic (exact) mass is 267 g/mol. The first-order valence-electron chi connectivity index (χ1n) is 7.93. The van der Waals surface area contributed by atoms with Gasteiger partial charge in [-0.3, -0.25) is 4.90 Å². The zero-order valence-corrected chi connectivity index (χ0v) is 13.6. The maximum atomic E-state index is 6.08. The van der Waals surface area contributed by atoms with E-state index >= 15 is 0 Å². The Morgan fingerprint density at radius 2 is 1.89 bits per heavy atom. The third kappa shape index (κ3) is 5.66. The Bertz CT molecular complexity index is 262. The Hall–Kier alpha value is -0.340. The summed E-state index contributed by atoms with van der Waals surface area (Å²) in [5.74, 6) is 1.44. The van der Waals surface area contributed by atoms with E-state index in [9.17, 15) is 0 Å². The number of nitrogens with zero attached hydrogens (tertiary/aromatic N) is 1. The largest absolute Gasteiger partial charge is 0.378 e. The van der Waals surface area contributed by atoms with Gasteiger partial charge in [-0.25, -0.2) is 0 Å². The minimum absolute atomic E-state index is 0.417. The van der Waals surface area contributed by atoms with Crippen molar-refractivity contribution in [3.8, 4) is 0 Å². The summed E-state index contributed by atoms with van der Waals surface area (Å²) in [6.45, 7) is 17.5. The molecule has 0 aliphatic carbocycles. The number of hydrogen-bond donors (Lipinski definition) is 0. The minimum Gasteiger partial charge on any atom is -0.378 e. The standard InChI is InChI=1S/C17H33NO/c1-7-16-11-17(19-9-8-13(2)3)10-15(6)18(16)12-14(4)5/h7,13-17H,1,8-12H2,2-6H3/t15-,16+,17?/m0/s1. The average molecular weight is 267 g/mol. The first-order valence-corrected chi connectivity index (χ1v) is 7.93. The number of rotatable bonds is 7. The Labute approximate surface area is 120 Å². The molecule has 1 fully saturated rings. The zero-order chi connectivity index (χ0) is 14.4. The zero-order valence-electron chi connectivity index (χ0n) is 13.6. The molecule has 0 aromatic carbocycles. The van der Waals surface area contributed by atoms with Gasteiger partial charge in [0.15, 0.2) is 0 Å². The van der Waals surface area contributed by atoms with Gasteiger partial charge in [0.05, 0.1) is 6.10 Å². The van der Waals surface area contributed by atoms with Crippen molar-refractivity contribution in [2.45, 2.75) is 72.1 Å².